The maximum Gasteiger partial charge on any atom is 0.295 e. The SMILES string of the molecule is O=S(=O)(O)c1ccc(/N=N/c2ccc(/N=N/c3ccc(Nc4ccccc4)c4c(S(=O)(=O)O)cccc34)c3ccccc23)cc1. The standard InChI is InChI=1S/C32H23N5O6S2/c38-44(39,40)23-15-13-22(14-16-23)34-35-27-17-18-28(25-10-5-4-9-24(25)27)36-37-29-19-20-30(33-21-7-2-1-3-8-21)32-26(29)11-6-12-31(32)45(41,42)43/h1-20,33H,(H,38,39,40)(H,41,42,43)/b35-34+,37-36+. The van der Waals surface area contributed by atoms with Crippen molar-refractivity contribution in [1.82, 2.24) is 0 Å². The topological polar surface area (TPSA) is 170 Å². The van der Waals surface area contributed by atoms with Crippen LogP contribution in [0.1, 0.15) is 0 Å². The lowest BCUT2D eigenvalue weighted by molar-refractivity contribution is 0.481. The monoisotopic (exact) mass is 637 g/mol. The van der Waals surface area contributed by atoms with Gasteiger partial charge < -0.3 is 5.32 Å². The molecule has 0 spiro atoms. The summed E-state index contributed by atoms with van der Waals surface area (Å²) >= 11 is 0. The predicted molar refractivity (Wildman–Crippen MR) is 172 cm³/mol. The van der Waals surface area contributed by atoms with Crippen LogP contribution in [0.4, 0.5) is 34.1 Å². The number of azo groups is 2. The summed E-state index contributed by atoms with van der Waals surface area (Å²) in [6.45, 7) is 0. The van der Waals surface area contributed by atoms with Crippen LogP contribution < -0.4 is 5.32 Å². The van der Waals surface area contributed by atoms with Gasteiger partial charge in [0.2, 0.25) is 0 Å². The van der Waals surface area contributed by atoms with Gasteiger partial charge in [-0.3, -0.25) is 9.11 Å². The van der Waals surface area contributed by atoms with E-state index in [1.54, 1.807) is 30.3 Å². The quantitative estimate of drug-likeness (QED) is 0.110. The molecule has 3 N–H and O–H groups in total. The number of hydrogen-bond acceptors (Lipinski definition) is 9. The van der Waals surface area contributed by atoms with Gasteiger partial charge >= 0.3 is 0 Å². The third-order valence-corrected chi connectivity index (χ3v) is 8.63. The molecule has 0 atom stereocenters. The van der Waals surface area contributed by atoms with Gasteiger partial charge in [-0.25, -0.2) is 0 Å². The second-order valence-corrected chi connectivity index (χ2v) is 12.6. The van der Waals surface area contributed by atoms with Crippen LogP contribution >= 0.6 is 0 Å². The fourth-order valence-corrected chi connectivity index (χ4v) is 6.00. The Bertz CT molecular complexity index is 2340. The van der Waals surface area contributed by atoms with Crippen LogP contribution in [0.2, 0.25) is 0 Å². The second kappa shape index (κ2) is 12.0. The highest BCUT2D eigenvalue weighted by Gasteiger charge is 2.19. The van der Waals surface area contributed by atoms with Crippen LogP contribution in [0.25, 0.3) is 21.5 Å². The number of anilines is 2. The molecule has 0 heterocycles. The molecule has 6 aromatic rings. The molecule has 0 unspecified atom stereocenters. The molecule has 11 nitrogen and oxygen atoms in total. The molecule has 13 heteroatoms. The molecule has 0 radical (unpaired) electrons. The molecule has 0 aromatic heterocycles. The summed E-state index contributed by atoms with van der Waals surface area (Å²) in [7, 11) is -8.88. The molecule has 224 valence electrons. The maximum atomic E-state index is 12.3. The fourth-order valence-electron chi connectivity index (χ4n) is 4.79. The molecular formula is C32H23N5O6S2. The van der Waals surface area contributed by atoms with Gasteiger partial charge in [0.15, 0.2) is 0 Å². The van der Waals surface area contributed by atoms with E-state index < -0.39 is 20.2 Å². The van der Waals surface area contributed by atoms with Crippen LogP contribution in [0, 0.1) is 0 Å². The highest BCUT2D eigenvalue weighted by Crippen LogP contribution is 2.40. The molecule has 0 bridgehead atoms. The van der Waals surface area contributed by atoms with Crippen molar-refractivity contribution in [3.8, 4) is 0 Å². The first-order valence-corrected chi connectivity index (χ1v) is 16.2. The zero-order chi connectivity index (χ0) is 31.6. The molecule has 45 heavy (non-hydrogen) atoms. The van der Waals surface area contributed by atoms with Crippen molar-refractivity contribution in [2.24, 2.45) is 20.5 Å². The van der Waals surface area contributed by atoms with E-state index in [2.05, 4.69) is 25.8 Å². The normalized spacial score (nSPS) is 12.4. The third kappa shape index (κ3) is 6.46. The van der Waals surface area contributed by atoms with Gasteiger partial charge in [0.05, 0.1) is 27.6 Å². The van der Waals surface area contributed by atoms with Gasteiger partial charge in [-0.15, -0.1) is 15.3 Å². The molecule has 0 amide bonds. The van der Waals surface area contributed by atoms with Crippen molar-refractivity contribution in [3.05, 3.63) is 121 Å². The highest BCUT2D eigenvalue weighted by molar-refractivity contribution is 7.86. The number of para-hydroxylation sites is 1. The predicted octanol–water partition coefficient (Wildman–Crippen LogP) is 9.06. The Morgan fingerprint density at radius 2 is 1.02 bits per heavy atom. The Labute approximate surface area is 258 Å². The fraction of sp³-hybridized carbons (Fsp3) is 0. The van der Waals surface area contributed by atoms with Gasteiger partial charge in [0.1, 0.15) is 4.90 Å². The lowest BCUT2D eigenvalue weighted by Gasteiger charge is -2.14. The van der Waals surface area contributed by atoms with Crippen molar-refractivity contribution < 1.29 is 25.9 Å². The molecule has 0 aliphatic rings. The van der Waals surface area contributed by atoms with Crippen molar-refractivity contribution >= 4 is 75.9 Å². The Kier molecular flexibility index (Phi) is 7.91. The van der Waals surface area contributed by atoms with Crippen LogP contribution in [0.15, 0.2) is 152 Å². The summed E-state index contributed by atoms with van der Waals surface area (Å²) < 4.78 is 66.5. The number of hydrogen-bond donors (Lipinski definition) is 3. The molecule has 0 aliphatic heterocycles. The minimum Gasteiger partial charge on any atom is -0.355 e. The van der Waals surface area contributed by atoms with Crippen molar-refractivity contribution in [1.29, 1.82) is 0 Å². The van der Waals surface area contributed by atoms with Crippen molar-refractivity contribution in [2.75, 3.05) is 5.32 Å². The summed E-state index contributed by atoms with van der Waals surface area (Å²) in [5.41, 5.74) is 3.02. The number of nitrogens with one attached hydrogen (secondary N) is 1. The number of nitrogens with zero attached hydrogens (tertiary/aromatic N) is 4. The maximum absolute atomic E-state index is 12.3. The minimum atomic E-state index is -4.57. The lowest BCUT2D eigenvalue weighted by Crippen LogP contribution is -2.01. The van der Waals surface area contributed by atoms with Crippen LogP contribution in [0.5, 0.6) is 0 Å². The molecule has 6 rings (SSSR count). The average molecular weight is 638 g/mol. The zero-order valence-electron chi connectivity index (χ0n) is 23.2. The molecule has 0 saturated heterocycles. The number of benzene rings is 6. The minimum absolute atomic E-state index is 0.245. The van der Waals surface area contributed by atoms with Gasteiger partial charge in [0.25, 0.3) is 20.2 Å². The van der Waals surface area contributed by atoms with Crippen molar-refractivity contribution in [3.63, 3.8) is 0 Å². The molecule has 0 aliphatic carbocycles. The first-order chi connectivity index (χ1) is 21.6. The van der Waals surface area contributed by atoms with Gasteiger partial charge in [-0.2, -0.15) is 21.9 Å². The van der Waals surface area contributed by atoms with E-state index in [1.165, 1.54) is 36.4 Å². The summed E-state index contributed by atoms with van der Waals surface area (Å²) in [6.07, 6.45) is 0. The second-order valence-electron chi connectivity index (χ2n) is 9.80. The van der Waals surface area contributed by atoms with E-state index >= 15 is 0 Å². The Balaban J connectivity index is 1.38. The lowest BCUT2D eigenvalue weighted by atomic mass is 10.1. The summed E-state index contributed by atoms with van der Waals surface area (Å²) in [4.78, 5) is -0.506. The molecular weight excluding hydrogens is 615 g/mol. The Morgan fingerprint density at radius 3 is 1.62 bits per heavy atom. The van der Waals surface area contributed by atoms with Gasteiger partial charge in [-0.05, 0) is 66.7 Å². The smallest absolute Gasteiger partial charge is 0.295 e. The van der Waals surface area contributed by atoms with E-state index in [9.17, 15) is 25.9 Å². The molecule has 0 saturated carbocycles. The first-order valence-electron chi connectivity index (χ1n) is 13.4. The van der Waals surface area contributed by atoms with Crippen LogP contribution in [0.3, 0.4) is 0 Å². The summed E-state index contributed by atoms with van der Waals surface area (Å²) in [5.74, 6) is 0. The first kappa shape index (κ1) is 29.7. The van der Waals surface area contributed by atoms with E-state index in [0.29, 0.717) is 33.8 Å². The van der Waals surface area contributed by atoms with E-state index in [0.717, 1.165) is 16.5 Å². The van der Waals surface area contributed by atoms with Crippen LogP contribution in [-0.4, -0.2) is 25.9 Å². The summed E-state index contributed by atoms with van der Waals surface area (Å²) in [6, 6.07) is 33.3. The zero-order valence-corrected chi connectivity index (χ0v) is 24.8. The summed E-state index contributed by atoms with van der Waals surface area (Å²) in [5, 5.41) is 22.9. The number of rotatable bonds is 8. The van der Waals surface area contributed by atoms with Crippen molar-refractivity contribution in [2.45, 2.75) is 9.79 Å². The van der Waals surface area contributed by atoms with Gasteiger partial charge in [-0.1, -0.05) is 54.6 Å². The molecule has 6 aromatic carbocycles. The highest BCUT2D eigenvalue weighted by atomic mass is 32.2. The molecule has 0 fully saturated rings. The Hall–Kier alpha value is -5.34. The average Bonchev–Trinajstić information content (AvgIpc) is 3.03. The largest absolute Gasteiger partial charge is 0.355 e. The van der Waals surface area contributed by atoms with E-state index in [4.69, 9.17) is 0 Å². The third-order valence-electron chi connectivity index (χ3n) is 6.86. The van der Waals surface area contributed by atoms with Crippen LogP contribution in [-0.2, 0) is 20.2 Å². The van der Waals surface area contributed by atoms with Gasteiger partial charge in [0, 0.05) is 32.9 Å². The van der Waals surface area contributed by atoms with E-state index in [-0.39, 0.29) is 15.2 Å². The number of fused-ring (bicyclic) bond motifs is 2. The van der Waals surface area contributed by atoms with E-state index in [1.807, 2.05) is 54.6 Å². The Morgan fingerprint density at radius 1 is 0.489 bits per heavy atom.